The van der Waals surface area contributed by atoms with Crippen LogP contribution < -0.4 is 5.32 Å². The Kier molecular flexibility index (Phi) is 18.7. The number of aromatic nitrogens is 3. The van der Waals surface area contributed by atoms with E-state index in [0.29, 0.717) is 0 Å². The third kappa shape index (κ3) is 7.64. The minimum Gasteiger partial charge on any atom is -0.365 e. The molecule has 7 heteroatoms. The van der Waals surface area contributed by atoms with E-state index in [4.69, 9.17) is 0 Å². The highest BCUT2D eigenvalue weighted by atomic mass is 128. The molecule has 2 N–H and O–H groups in total. The molecule has 0 saturated heterocycles. The van der Waals surface area contributed by atoms with Gasteiger partial charge >= 0.3 is 0 Å². The van der Waals surface area contributed by atoms with E-state index in [1.54, 1.807) is 11.3 Å². The molecule has 0 unspecified atom stereocenters. The van der Waals surface area contributed by atoms with Crippen LogP contribution in [0.5, 0.6) is 0 Å². The lowest BCUT2D eigenvalue weighted by molar-refractivity contribution is 1.10. The van der Waals surface area contributed by atoms with Crippen LogP contribution in [-0.4, -0.2) is 22.2 Å². The minimum absolute atomic E-state index is 0.771. The number of nitrogens with zero attached hydrogens (tertiary/aromatic N) is 2. The van der Waals surface area contributed by atoms with Crippen LogP contribution in [0.4, 0.5) is 5.13 Å². The maximum atomic E-state index is 4.34. The Morgan fingerprint density at radius 2 is 1.50 bits per heavy atom. The number of hydrogen-bond donors (Lipinski definition) is 2. The molecule has 136 valence electrons. The summed E-state index contributed by atoms with van der Waals surface area (Å²) in [6.07, 6.45) is 0. The molecule has 0 aliphatic heterocycles. The Morgan fingerprint density at radius 3 is 2.00 bits per heavy atom. The Hall–Kier alpha value is -0.420. The summed E-state index contributed by atoms with van der Waals surface area (Å²) in [5.74, 6) is 0. The number of halogens is 2. The van der Waals surface area contributed by atoms with Crippen LogP contribution in [0.3, 0.4) is 0 Å². The number of benzene rings is 1. The van der Waals surface area contributed by atoms with E-state index in [1.165, 1.54) is 0 Å². The van der Waals surface area contributed by atoms with Crippen molar-refractivity contribution < 1.29 is 0 Å². The van der Waals surface area contributed by atoms with Gasteiger partial charge in [-0.2, -0.15) is 10.1 Å². The van der Waals surface area contributed by atoms with Crippen LogP contribution >= 0.6 is 48.6 Å². The lowest BCUT2D eigenvalue weighted by atomic mass is 10.2. The first-order valence-electron chi connectivity index (χ1n) is 8.11. The average Bonchev–Trinajstić information content (AvgIpc) is 3.29. The zero-order valence-electron chi connectivity index (χ0n) is 15.4. The third-order valence-electron chi connectivity index (χ3n) is 2.39. The average molecular weight is 574 g/mol. The van der Waals surface area contributed by atoms with Gasteiger partial charge in [-0.3, -0.25) is 5.10 Å². The van der Waals surface area contributed by atoms with Gasteiger partial charge in [0.25, 0.3) is 0 Å². The largest absolute Gasteiger partial charge is 0.365 e. The van der Waals surface area contributed by atoms with E-state index in [1.807, 2.05) is 66.8 Å². The fourth-order valence-electron chi connectivity index (χ4n) is 1.62. The Balaban J connectivity index is 0. The summed E-state index contributed by atoms with van der Waals surface area (Å²) in [6.45, 7) is 12.0. The zero-order chi connectivity index (χ0) is 19.0. The maximum Gasteiger partial charge on any atom is 0.194 e. The number of H-pyrrole nitrogens is 1. The minimum atomic E-state index is 0.771. The van der Waals surface area contributed by atoms with Gasteiger partial charge in [0.1, 0.15) is 4.70 Å². The molecule has 0 amide bonds. The predicted molar refractivity (Wildman–Crippen MR) is 129 cm³/mol. The molecule has 4 nitrogen and oxygen atoms in total. The van der Waals surface area contributed by atoms with Crippen molar-refractivity contribution in [1.82, 2.24) is 15.2 Å². The van der Waals surface area contributed by atoms with Gasteiger partial charge in [0.05, 0.1) is 5.69 Å². The summed E-state index contributed by atoms with van der Waals surface area (Å²) in [5.41, 5.74) is 2.94. The normalized spacial score (nSPS) is 8.21. The second-order valence-corrected chi connectivity index (χ2v) is 4.39. The Bertz CT molecular complexity index is 624. The molecule has 2 heterocycles. The van der Waals surface area contributed by atoms with Crippen molar-refractivity contribution in [2.75, 3.05) is 12.4 Å². The molecule has 0 fully saturated rings. The van der Waals surface area contributed by atoms with E-state index in [-0.39, 0.29) is 0 Å². The number of fused-ring (bicyclic) bond motifs is 1. The van der Waals surface area contributed by atoms with Crippen molar-refractivity contribution in [2.45, 2.75) is 41.5 Å². The van der Waals surface area contributed by atoms with Crippen LogP contribution in [0.2, 0.25) is 0 Å². The zero-order valence-corrected chi connectivity index (χ0v) is 20.6. The summed E-state index contributed by atoms with van der Waals surface area (Å²) in [5, 5.41) is 11.2. The number of rotatable bonds is 2. The monoisotopic (exact) mass is 574 g/mol. The molecule has 2 aromatic heterocycles. The van der Waals surface area contributed by atoms with Crippen molar-refractivity contribution in [3.05, 3.63) is 30.3 Å². The maximum absolute atomic E-state index is 4.34. The lowest BCUT2D eigenvalue weighted by Crippen LogP contribution is -1.85. The summed E-state index contributed by atoms with van der Waals surface area (Å²) in [4.78, 5) is 4.34. The van der Waals surface area contributed by atoms with Crippen molar-refractivity contribution in [1.29, 1.82) is 0 Å². The molecular weight excluding hydrogens is 546 g/mol. The number of aromatic amines is 1. The van der Waals surface area contributed by atoms with Gasteiger partial charge < -0.3 is 5.32 Å². The molecule has 0 aliphatic carbocycles. The number of thiazole rings is 1. The van der Waals surface area contributed by atoms with Gasteiger partial charge in [-0.15, -0.1) is 0 Å². The second-order valence-electron chi connectivity index (χ2n) is 3.39. The lowest BCUT2D eigenvalue weighted by Gasteiger charge is -1.95. The van der Waals surface area contributed by atoms with Crippen LogP contribution in [0.25, 0.3) is 21.6 Å². The molecule has 0 spiro atoms. The predicted octanol–water partition coefficient (Wildman–Crippen LogP) is 7.58. The highest BCUT2D eigenvalue weighted by molar-refractivity contribution is 15.0. The quantitative estimate of drug-likeness (QED) is 0.311. The molecule has 1 aromatic carbocycles. The summed E-state index contributed by atoms with van der Waals surface area (Å²) in [7, 11) is 1.86. The molecule has 0 aliphatic rings. The highest BCUT2D eigenvalue weighted by Crippen LogP contribution is 2.32. The summed E-state index contributed by atoms with van der Waals surface area (Å²) >= 11 is 5.85. The van der Waals surface area contributed by atoms with E-state index < -0.39 is 0 Å². The smallest absolute Gasteiger partial charge is 0.194 e. The van der Waals surface area contributed by atoms with Crippen molar-refractivity contribution in [3.8, 4) is 11.3 Å². The number of hydrogen-bond acceptors (Lipinski definition) is 4. The van der Waals surface area contributed by atoms with Crippen molar-refractivity contribution >= 4 is 64.0 Å². The Labute approximate surface area is 173 Å². The molecule has 3 rings (SSSR count). The highest BCUT2D eigenvalue weighted by Gasteiger charge is 2.12. The molecule has 0 radical (unpaired) electrons. The molecule has 0 bridgehead atoms. The van der Waals surface area contributed by atoms with Crippen LogP contribution in [-0.2, 0) is 0 Å². The topological polar surface area (TPSA) is 53.6 Å². The van der Waals surface area contributed by atoms with E-state index >= 15 is 0 Å². The molecule has 0 saturated carbocycles. The van der Waals surface area contributed by atoms with Crippen molar-refractivity contribution in [2.24, 2.45) is 0 Å². The van der Waals surface area contributed by atoms with Gasteiger partial charge in [0, 0.05) is 49.8 Å². The first kappa shape index (κ1) is 25.8. The fraction of sp³-hybridized carbons (Fsp3) is 0.412. The van der Waals surface area contributed by atoms with Gasteiger partial charge in [-0.05, 0) is 0 Å². The molecular formula is C17H28I2N4S. The van der Waals surface area contributed by atoms with Crippen LogP contribution in [0.1, 0.15) is 41.5 Å². The standard InChI is InChI=1S/C11H10N4S.3C2H6.I2/c1-12-11-13-10-9(16-11)8(14-15-10)7-5-3-2-4-6-7;4*1-2/h2-6H,1H3,(H2,12,13,14,15);3*1-2H3;. The van der Waals surface area contributed by atoms with Crippen molar-refractivity contribution in [3.63, 3.8) is 0 Å². The first-order valence-corrected chi connectivity index (χ1v) is 15.2. The number of anilines is 1. The molecule has 0 atom stereocenters. The third-order valence-corrected chi connectivity index (χ3v) is 3.47. The molecule has 3 aromatic rings. The van der Waals surface area contributed by atoms with E-state index in [2.05, 4.69) is 69.9 Å². The first-order chi connectivity index (χ1) is 11.9. The second kappa shape index (κ2) is 17.4. The number of nitrogens with one attached hydrogen (secondary N) is 2. The van der Waals surface area contributed by atoms with Crippen LogP contribution in [0.15, 0.2) is 30.3 Å². The summed E-state index contributed by atoms with van der Waals surface area (Å²) in [6, 6.07) is 10.2. The van der Waals surface area contributed by atoms with E-state index in [0.717, 1.165) is 26.7 Å². The van der Waals surface area contributed by atoms with Gasteiger partial charge in [-0.1, -0.05) is 83.2 Å². The Morgan fingerprint density at radius 1 is 0.958 bits per heavy atom. The van der Waals surface area contributed by atoms with Gasteiger partial charge in [-0.25, -0.2) is 0 Å². The van der Waals surface area contributed by atoms with Crippen LogP contribution in [0, 0.1) is 0 Å². The van der Waals surface area contributed by atoms with Gasteiger partial charge in [0.15, 0.2) is 10.8 Å². The summed E-state index contributed by atoms with van der Waals surface area (Å²) < 4.78 is 1.09. The fourth-order valence-corrected chi connectivity index (χ4v) is 2.49. The van der Waals surface area contributed by atoms with E-state index in [9.17, 15) is 0 Å². The molecule has 24 heavy (non-hydrogen) atoms. The SMILES string of the molecule is CC.CC.CC.CNc1nc2n[nH]c(-c3ccccc3)c2s1.II. The van der Waals surface area contributed by atoms with Gasteiger partial charge in [0.2, 0.25) is 0 Å².